The van der Waals surface area contributed by atoms with Gasteiger partial charge in [0.05, 0.1) is 17.9 Å². The summed E-state index contributed by atoms with van der Waals surface area (Å²) in [5.74, 6) is 1.25. The molecule has 1 saturated heterocycles. The molecule has 0 unspecified atom stereocenters. The van der Waals surface area contributed by atoms with Gasteiger partial charge in [0.15, 0.2) is 0 Å². The molecule has 2 fully saturated rings. The molecule has 3 N–H and O–H groups in total. The predicted octanol–water partition coefficient (Wildman–Crippen LogP) is 3.03. The molecule has 2 aromatic heterocycles. The molecule has 2 aliphatic rings. The van der Waals surface area contributed by atoms with Crippen molar-refractivity contribution in [2.45, 2.75) is 18.9 Å². The zero-order valence-electron chi connectivity index (χ0n) is 18.9. The number of nitrogens with zero attached hydrogens (tertiary/aromatic N) is 4. The van der Waals surface area contributed by atoms with E-state index < -0.39 is 0 Å². The molecule has 5 rings (SSSR count). The van der Waals surface area contributed by atoms with E-state index in [4.69, 9.17) is 15.6 Å². The molecule has 2 amide bonds. The first-order valence-corrected chi connectivity index (χ1v) is 11.1. The summed E-state index contributed by atoms with van der Waals surface area (Å²) in [5.41, 5.74) is 7.79. The van der Waals surface area contributed by atoms with Gasteiger partial charge in [-0.25, -0.2) is 4.68 Å². The van der Waals surface area contributed by atoms with Crippen LogP contribution in [0, 0.1) is 5.41 Å². The standard InChI is InChI=1S/C25H26N6O3/c1-3-20(32)30-14-25(15-30)11-16(12-25)31-23(26)21(24(33)27-2)22(29-31)19-10-9-18(13-28-19)34-17-7-5-4-6-8-17/h3-10,13,16H,1,11-12,14-15,26H2,2H3,(H,27,33). The van der Waals surface area contributed by atoms with Crippen LogP contribution in [-0.4, -0.2) is 51.6 Å². The van der Waals surface area contributed by atoms with Gasteiger partial charge in [-0.05, 0) is 43.2 Å². The predicted molar refractivity (Wildman–Crippen MR) is 127 cm³/mol. The van der Waals surface area contributed by atoms with E-state index in [1.54, 1.807) is 35.0 Å². The Kier molecular flexibility index (Phi) is 5.31. The summed E-state index contributed by atoms with van der Waals surface area (Å²) < 4.78 is 7.55. The average Bonchev–Trinajstić information content (AvgIpc) is 3.14. The van der Waals surface area contributed by atoms with Crippen molar-refractivity contribution in [3.05, 3.63) is 66.9 Å². The molecule has 9 nitrogen and oxygen atoms in total. The van der Waals surface area contributed by atoms with Crippen LogP contribution in [0.25, 0.3) is 11.4 Å². The fourth-order valence-electron chi connectivity index (χ4n) is 4.88. The monoisotopic (exact) mass is 458 g/mol. The lowest BCUT2D eigenvalue weighted by Gasteiger charge is -2.58. The van der Waals surface area contributed by atoms with Crippen molar-refractivity contribution in [1.82, 2.24) is 25.0 Å². The van der Waals surface area contributed by atoms with Crippen molar-refractivity contribution in [2.24, 2.45) is 5.41 Å². The van der Waals surface area contributed by atoms with E-state index in [0.29, 0.717) is 34.3 Å². The van der Waals surface area contributed by atoms with Gasteiger partial charge >= 0.3 is 0 Å². The first-order chi connectivity index (χ1) is 16.4. The van der Waals surface area contributed by atoms with Crippen LogP contribution in [0.3, 0.4) is 0 Å². The summed E-state index contributed by atoms with van der Waals surface area (Å²) in [6, 6.07) is 13.1. The Morgan fingerprint density at radius 2 is 1.91 bits per heavy atom. The number of ether oxygens (including phenoxy) is 1. The van der Waals surface area contributed by atoms with Gasteiger partial charge < -0.3 is 20.7 Å². The zero-order valence-corrected chi connectivity index (χ0v) is 18.9. The van der Waals surface area contributed by atoms with Crippen molar-refractivity contribution in [3.8, 4) is 22.9 Å². The van der Waals surface area contributed by atoms with Gasteiger partial charge in [-0.1, -0.05) is 24.8 Å². The summed E-state index contributed by atoms with van der Waals surface area (Å²) in [4.78, 5) is 30.7. The summed E-state index contributed by atoms with van der Waals surface area (Å²) in [6.07, 6.45) is 4.65. The number of hydrogen-bond donors (Lipinski definition) is 2. The van der Waals surface area contributed by atoms with Gasteiger partial charge in [0.2, 0.25) is 5.91 Å². The molecular weight excluding hydrogens is 432 g/mol. The molecule has 9 heteroatoms. The maximum atomic E-state index is 12.7. The number of amides is 2. The van der Waals surface area contributed by atoms with E-state index in [-0.39, 0.29) is 23.3 Å². The van der Waals surface area contributed by atoms with Crippen LogP contribution >= 0.6 is 0 Å². The number of nitrogens with one attached hydrogen (secondary N) is 1. The minimum Gasteiger partial charge on any atom is -0.456 e. The Bertz CT molecular complexity index is 1240. The van der Waals surface area contributed by atoms with E-state index >= 15 is 0 Å². The van der Waals surface area contributed by atoms with E-state index in [9.17, 15) is 9.59 Å². The van der Waals surface area contributed by atoms with Gasteiger partial charge in [0.1, 0.15) is 28.6 Å². The summed E-state index contributed by atoms with van der Waals surface area (Å²) in [5, 5.41) is 7.36. The number of rotatable bonds is 6. The van der Waals surface area contributed by atoms with E-state index in [0.717, 1.165) is 25.9 Å². The summed E-state index contributed by atoms with van der Waals surface area (Å²) >= 11 is 0. The zero-order chi connectivity index (χ0) is 23.9. The number of carbonyl (C=O) groups excluding carboxylic acids is 2. The van der Waals surface area contributed by atoms with Gasteiger partial charge in [0.25, 0.3) is 5.91 Å². The molecule has 1 aromatic carbocycles. The highest BCUT2D eigenvalue weighted by molar-refractivity contribution is 6.03. The molecule has 34 heavy (non-hydrogen) atoms. The second-order valence-electron chi connectivity index (χ2n) is 8.89. The molecule has 0 bridgehead atoms. The SMILES string of the molecule is C=CC(=O)N1CC2(CC(n3nc(-c4ccc(Oc5ccccc5)cn4)c(C(=O)NC)c3N)C2)C1. The number of para-hydroxylation sites is 1. The molecule has 174 valence electrons. The fourth-order valence-corrected chi connectivity index (χ4v) is 4.88. The van der Waals surface area contributed by atoms with Crippen molar-refractivity contribution in [1.29, 1.82) is 0 Å². The molecule has 1 spiro atoms. The largest absolute Gasteiger partial charge is 0.456 e. The third kappa shape index (κ3) is 3.68. The van der Waals surface area contributed by atoms with Crippen LogP contribution in [-0.2, 0) is 4.79 Å². The summed E-state index contributed by atoms with van der Waals surface area (Å²) in [6.45, 7) is 4.98. The fraction of sp³-hybridized carbons (Fsp3) is 0.280. The van der Waals surface area contributed by atoms with Gasteiger partial charge in [-0.15, -0.1) is 0 Å². The lowest BCUT2D eigenvalue weighted by Crippen LogP contribution is -2.63. The molecule has 3 heterocycles. The molecule has 3 aromatic rings. The molecule has 1 saturated carbocycles. The molecule has 1 aliphatic carbocycles. The lowest BCUT2D eigenvalue weighted by atomic mass is 9.60. The highest BCUT2D eigenvalue weighted by Crippen LogP contribution is 2.54. The van der Waals surface area contributed by atoms with Crippen LogP contribution in [0.1, 0.15) is 29.2 Å². The van der Waals surface area contributed by atoms with E-state index in [2.05, 4.69) is 16.9 Å². The summed E-state index contributed by atoms with van der Waals surface area (Å²) in [7, 11) is 1.56. The maximum absolute atomic E-state index is 12.7. The molecule has 1 aliphatic heterocycles. The van der Waals surface area contributed by atoms with Crippen molar-refractivity contribution < 1.29 is 14.3 Å². The lowest BCUT2D eigenvalue weighted by molar-refractivity contribution is -0.148. The Morgan fingerprint density at radius 3 is 2.53 bits per heavy atom. The van der Waals surface area contributed by atoms with Crippen LogP contribution in [0.5, 0.6) is 11.5 Å². The number of aromatic nitrogens is 3. The minimum absolute atomic E-state index is 0.0392. The van der Waals surface area contributed by atoms with Crippen LogP contribution in [0.15, 0.2) is 61.3 Å². The van der Waals surface area contributed by atoms with Crippen LogP contribution in [0.2, 0.25) is 0 Å². The first kappa shape index (κ1) is 21.7. The van der Waals surface area contributed by atoms with Gasteiger partial charge in [-0.3, -0.25) is 14.6 Å². The first-order valence-electron chi connectivity index (χ1n) is 11.1. The smallest absolute Gasteiger partial charge is 0.257 e. The number of carbonyl (C=O) groups is 2. The van der Waals surface area contributed by atoms with Gasteiger partial charge in [-0.2, -0.15) is 5.10 Å². The molecule has 0 atom stereocenters. The number of anilines is 1. The second-order valence-corrected chi connectivity index (χ2v) is 8.89. The van der Waals surface area contributed by atoms with E-state index in [1.807, 2.05) is 30.3 Å². The van der Waals surface area contributed by atoms with Crippen molar-refractivity contribution in [3.63, 3.8) is 0 Å². The number of benzene rings is 1. The third-order valence-corrected chi connectivity index (χ3v) is 6.58. The maximum Gasteiger partial charge on any atom is 0.257 e. The highest BCUT2D eigenvalue weighted by atomic mass is 16.5. The van der Waals surface area contributed by atoms with E-state index in [1.165, 1.54) is 6.08 Å². The second kappa shape index (κ2) is 8.33. The minimum atomic E-state index is -0.314. The molecular formula is C25H26N6O3. The number of likely N-dealkylation sites (tertiary alicyclic amines) is 1. The number of nitrogens with two attached hydrogens (primary N) is 1. The van der Waals surface area contributed by atoms with Crippen molar-refractivity contribution in [2.75, 3.05) is 25.9 Å². The normalized spacial score (nSPS) is 16.4. The Hall–Kier alpha value is -4.14. The van der Waals surface area contributed by atoms with Crippen molar-refractivity contribution >= 4 is 17.6 Å². The topological polar surface area (TPSA) is 115 Å². The highest BCUT2D eigenvalue weighted by Gasteiger charge is 2.54. The number of hydrogen-bond acceptors (Lipinski definition) is 6. The number of nitrogen functional groups attached to an aromatic ring is 1. The molecule has 0 radical (unpaired) electrons. The Morgan fingerprint density at radius 1 is 1.18 bits per heavy atom. The Balaban J connectivity index is 1.37. The average molecular weight is 459 g/mol. The Labute approximate surface area is 197 Å². The number of pyridine rings is 1. The van der Waals surface area contributed by atoms with Gasteiger partial charge in [0, 0.05) is 25.6 Å². The van der Waals surface area contributed by atoms with Crippen LogP contribution in [0.4, 0.5) is 5.82 Å². The van der Waals surface area contributed by atoms with Crippen LogP contribution < -0.4 is 15.8 Å². The third-order valence-electron chi connectivity index (χ3n) is 6.58. The quantitative estimate of drug-likeness (QED) is 0.549.